The molecule has 0 saturated heterocycles. The number of amides is 1. The van der Waals surface area contributed by atoms with Gasteiger partial charge in [0.25, 0.3) is 0 Å². The number of fused-ring (bicyclic) bond motifs is 1. The maximum Gasteiger partial charge on any atom is 0.224 e. The lowest BCUT2D eigenvalue weighted by molar-refractivity contribution is -0.122. The second kappa shape index (κ2) is 9.56. The summed E-state index contributed by atoms with van der Waals surface area (Å²) in [5, 5.41) is 17.6. The molecule has 3 aromatic rings. The minimum Gasteiger partial charge on any atom is -0.393 e. The number of carbonyl (C=O) groups excluding carboxylic acids is 1. The molecule has 11 heteroatoms. The van der Waals surface area contributed by atoms with E-state index in [2.05, 4.69) is 20.2 Å². The van der Waals surface area contributed by atoms with Gasteiger partial charge in [0.15, 0.2) is 5.65 Å². The number of aromatic nitrogens is 4. The normalized spacial score (nSPS) is 24.9. The summed E-state index contributed by atoms with van der Waals surface area (Å²) in [5.41, 5.74) is 7.58. The minimum atomic E-state index is -0.285. The van der Waals surface area contributed by atoms with E-state index in [1.165, 1.54) is 0 Å². The number of hydrogen-bond donors (Lipinski definition) is 4. The molecule has 2 heterocycles. The van der Waals surface area contributed by atoms with Crippen molar-refractivity contribution in [1.29, 1.82) is 0 Å². The van der Waals surface area contributed by atoms with E-state index >= 15 is 0 Å². The summed E-state index contributed by atoms with van der Waals surface area (Å²) < 4.78 is 2.08. The van der Waals surface area contributed by atoms with Crippen LogP contribution in [0.2, 0.25) is 10.0 Å². The van der Waals surface area contributed by atoms with Crippen molar-refractivity contribution in [2.24, 2.45) is 11.7 Å². The smallest absolute Gasteiger partial charge is 0.224 e. The molecule has 2 atom stereocenters. The van der Waals surface area contributed by atoms with Gasteiger partial charge in [-0.2, -0.15) is 4.98 Å². The molecule has 180 valence electrons. The first-order valence-electron chi connectivity index (χ1n) is 11.6. The van der Waals surface area contributed by atoms with Gasteiger partial charge in [0.2, 0.25) is 17.8 Å². The topological polar surface area (TPSA) is 131 Å². The molecule has 0 aliphatic heterocycles. The lowest BCUT2D eigenvalue weighted by atomic mass is 9.85. The minimum absolute atomic E-state index is 0.0882. The van der Waals surface area contributed by atoms with Crippen LogP contribution in [-0.2, 0) is 4.79 Å². The zero-order chi connectivity index (χ0) is 23.8. The number of imidazole rings is 1. The molecule has 0 unspecified atom stereocenters. The van der Waals surface area contributed by atoms with Crippen LogP contribution < -0.4 is 16.4 Å². The number of rotatable bonds is 6. The van der Waals surface area contributed by atoms with Crippen molar-refractivity contribution in [2.45, 2.75) is 63.1 Å². The van der Waals surface area contributed by atoms with E-state index in [0.717, 1.165) is 38.5 Å². The third-order valence-electron chi connectivity index (χ3n) is 6.81. The molecule has 2 saturated carbocycles. The monoisotopic (exact) mass is 503 g/mol. The van der Waals surface area contributed by atoms with Gasteiger partial charge in [-0.1, -0.05) is 23.2 Å². The van der Waals surface area contributed by atoms with E-state index in [-0.39, 0.29) is 30.0 Å². The third kappa shape index (κ3) is 4.78. The van der Waals surface area contributed by atoms with Gasteiger partial charge in [-0.15, -0.1) is 0 Å². The van der Waals surface area contributed by atoms with Crippen LogP contribution in [0.25, 0.3) is 11.2 Å². The van der Waals surface area contributed by atoms with Crippen LogP contribution in [0, 0.1) is 5.92 Å². The van der Waals surface area contributed by atoms with Crippen LogP contribution in [0.1, 0.15) is 51.0 Å². The Morgan fingerprint density at radius 3 is 2.59 bits per heavy atom. The first kappa shape index (κ1) is 23.1. The van der Waals surface area contributed by atoms with Crippen LogP contribution >= 0.6 is 23.2 Å². The van der Waals surface area contributed by atoms with Crippen LogP contribution in [-0.4, -0.2) is 42.7 Å². The number of nitrogens with two attached hydrogens (primary N) is 1. The van der Waals surface area contributed by atoms with Gasteiger partial charge in [-0.05, 0) is 63.1 Å². The number of nitrogens with zero attached hydrogens (tertiary/aromatic N) is 4. The number of hydrogen-bond acceptors (Lipinski definition) is 7. The zero-order valence-electron chi connectivity index (χ0n) is 18.5. The molecule has 2 fully saturated rings. The van der Waals surface area contributed by atoms with Crippen LogP contribution in [0.5, 0.6) is 0 Å². The molecule has 5 rings (SSSR count). The predicted molar refractivity (Wildman–Crippen MR) is 133 cm³/mol. The highest BCUT2D eigenvalue weighted by Gasteiger charge is 2.30. The Balaban J connectivity index is 1.50. The summed E-state index contributed by atoms with van der Waals surface area (Å²) in [5.74, 6) is 0.765. The number of benzene rings is 1. The molecule has 1 aromatic carbocycles. The summed E-state index contributed by atoms with van der Waals surface area (Å²) in [6.45, 7) is 0. The maximum absolute atomic E-state index is 11.7. The van der Waals surface area contributed by atoms with Crippen molar-refractivity contribution in [3.8, 4) is 0 Å². The summed E-state index contributed by atoms with van der Waals surface area (Å²) in [4.78, 5) is 25.7. The van der Waals surface area contributed by atoms with Crippen molar-refractivity contribution in [2.75, 3.05) is 10.6 Å². The van der Waals surface area contributed by atoms with Gasteiger partial charge in [0.1, 0.15) is 5.52 Å². The van der Waals surface area contributed by atoms with E-state index < -0.39 is 0 Å². The molecule has 0 radical (unpaired) electrons. The summed E-state index contributed by atoms with van der Waals surface area (Å²) in [6, 6.07) is 5.47. The molecular weight excluding hydrogens is 477 g/mol. The van der Waals surface area contributed by atoms with E-state index in [1.54, 1.807) is 18.3 Å². The second-order valence-corrected chi connectivity index (χ2v) is 10.0. The van der Waals surface area contributed by atoms with Gasteiger partial charge >= 0.3 is 0 Å². The van der Waals surface area contributed by atoms with Gasteiger partial charge in [0, 0.05) is 23.0 Å². The van der Waals surface area contributed by atoms with Gasteiger partial charge in [0.05, 0.1) is 23.0 Å². The fraction of sp³-hybridized carbons (Fsp3) is 0.478. The highest BCUT2D eigenvalue weighted by atomic mass is 35.5. The molecule has 2 aromatic heterocycles. The highest BCUT2D eigenvalue weighted by molar-refractivity contribution is 6.36. The number of carbonyl (C=O) groups is 1. The number of aliphatic hydroxyl groups excluding tert-OH is 1. The van der Waals surface area contributed by atoms with Gasteiger partial charge < -0.3 is 21.5 Å². The van der Waals surface area contributed by atoms with E-state index in [9.17, 15) is 9.90 Å². The molecule has 2 aliphatic rings. The number of anilines is 3. The zero-order valence-corrected chi connectivity index (χ0v) is 20.1. The molecule has 5 N–H and O–H groups in total. The Morgan fingerprint density at radius 1 is 1.12 bits per heavy atom. The van der Waals surface area contributed by atoms with Gasteiger partial charge in [-0.3, -0.25) is 9.36 Å². The Labute approximate surface area is 207 Å². The molecular formula is C23H27Cl2N7O2. The number of halogens is 2. The Bertz CT molecular complexity index is 1210. The maximum atomic E-state index is 11.7. The van der Waals surface area contributed by atoms with E-state index in [1.807, 2.05) is 6.07 Å². The summed E-state index contributed by atoms with van der Waals surface area (Å²) >= 11 is 12.5. The SMILES string of the molecule is NC(=O)[C@H]1CC[C@H](n2c(Nc3ccc(Cl)cc3Cl)nc3cnc(N[C@@H]4CC[C@@H](O)C4)nc32)CC1. The van der Waals surface area contributed by atoms with E-state index in [0.29, 0.717) is 45.2 Å². The molecule has 1 amide bonds. The van der Waals surface area contributed by atoms with Crippen molar-refractivity contribution >= 4 is 57.9 Å². The third-order valence-corrected chi connectivity index (χ3v) is 7.36. The molecule has 34 heavy (non-hydrogen) atoms. The highest BCUT2D eigenvalue weighted by Crippen LogP contribution is 2.38. The predicted octanol–water partition coefficient (Wildman–Crippen LogP) is 4.42. The molecule has 0 spiro atoms. The van der Waals surface area contributed by atoms with Crippen molar-refractivity contribution in [3.63, 3.8) is 0 Å². The average Bonchev–Trinajstić information content (AvgIpc) is 3.38. The first-order chi connectivity index (χ1) is 16.4. The Morgan fingerprint density at radius 2 is 1.91 bits per heavy atom. The van der Waals surface area contributed by atoms with Crippen LogP contribution in [0.4, 0.5) is 17.6 Å². The Hall–Kier alpha value is -2.62. The first-order valence-corrected chi connectivity index (χ1v) is 12.3. The second-order valence-electron chi connectivity index (χ2n) is 9.17. The van der Waals surface area contributed by atoms with Crippen molar-refractivity contribution in [3.05, 3.63) is 34.4 Å². The standard InChI is InChI=1S/C23H27Cl2N7O2/c24-13-3-8-18(17(25)9-13)29-23-30-19-11-27-22(28-14-4-7-16(33)10-14)31-21(19)32(23)15-5-1-12(2-6-15)20(26)34/h3,8-9,11-12,14-16,33H,1-2,4-7,10H2,(H2,26,34)(H,29,30)(H,27,28,31)/t12-,14-,15-,16-/m1/s1. The molecule has 2 aliphatic carbocycles. The van der Waals surface area contributed by atoms with Gasteiger partial charge in [-0.25, -0.2) is 9.97 Å². The quantitative estimate of drug-likeness (QED) is 0.391. The summed E-state index contributed by atoms with van der Waals surface area (Å²) in [7, 11) is 0. The van der Waals surface area contributed by atoms with Crippen LogP contribution in [0.15, 0.2) is 24.4 Å². The largest absolute Gasteiger partial charge is 0.393 e. The number of nitrogens with one attached hydrogen (secondary N) is 2. The molecule has 9 nitrogen and oxygen atoms in total. The lowest BCUT2D eigenvalue weighted by Crippen LogP contribution is -2.28. The average molecular weight is 504 g/mol. The summed E-state index contributed by atoms with van der Waals surface area (Å²) in [6.07, 6.45) is 6.75. The van der Waals surface area contributed by atoms with Crippen molar-refractivity contribution in [1.82, 2.24) is 19.5 Å². The Kier molecular flexibility index (Phi) is 6.50. The lowest BCUT2D eigenvalue weighted by Gasteiger charge is -2.29. The van der Waals surface area contributed by atoms with E-state index in [4.69, 9.17) is 38.9 Å². The van der Waals surface area contributed by atoms with Crippen molar-refractivity contribution < 1.29 is 9.90 Å². The number of aliphatic hydroxyl groups is 1. The number of primary amides is 1. The fourth-order valence-electron chi connectivity index (χ4n) is 5.00. The molecule has 0 bridgehead atoms. The fourth-order valence-corrected chi connectivity index (χ4v) is 5.45. The van der Waals surface area contributed by atoms with Crippen LogP contribution in [0.3, 0.4) is 0 Å².